The Morgan fingerprint density at radius 1 is 0.469 bits per heavy atom. The van der Waals surface area contributed by atoms with Gasteiger partial charge in [0.25, 0.3) is 0 Å². The summed E-state index contributed by atoms with van der Waals surface area (Å²) in [6.45, 7) is 4.60. The van der Waals surface area contributed by atoms with Crippen molar-refractivity contribution in [1.29, 1.82) is 0 Å². The molecule has 3 nitrogen and oxygen atoms in total. The molecule has 7 aromatic carbocycles. The van der Waals surface area contributed by atoms with Crippen LogP contribution in [0, 0.1) is 0 Å². The molecule has 0 saturated heterocycles. The predicted octanol–water partition coefficient (Wildman–Crippen LogP) is 13.6. The van der Waals surface area contributed by atoms with Crippen molar-refractivity contribution in [2.75, 3.05) is 4.90 Å². The van der Waals surface area contributed by atoms with E-state index in [0.717, 1.165) is 72.1 Å². The van der Waals surface area contributed by atoms with Crippen molar-refractivity contribution in [2.45, 2.75) is 19.3 Å². The summed E-state index contributed by atoms with van der Waals surface area (Å²) in [5, 5.41) is 5.13. The first kappa shape index (κ1) is 28.3. The molecule has 0 amide bonds. The van der Waals surface area contributed by atoms with Crippen molar-refractivity contribution in [2.24, 2.45) is 0 Å². The molecule has 1 aliphatic carbocycles. The van der Waals surface area contributed by atoms with Gasteiger partial charge in [0.05, 0.1) is 10.7 Å². The first-order valence-corrected chi connectivity index (χ1v) is 17.0. The lowest BCUT2D eigenvalue weighted by atomic mass is 9.82. The minimum Gasteiger partial charge on any atom is -0.456 e. The van der Waals surface area contributed by atoms with E-state index in [2.05, 4.69) is 140 Å². The molecule has 0 spiro atoms. The quantitative estimate of drug-likeness (QED) is 0.190. The smallest absolute Gasteiger partial charge is 0.137 e. The van der Waals surface area contributed by atoms with Crippen LogP contribution in [0.3, 0.4) is 0 Å². The van der Waals surface area contributed by atoms with Gasteiger partial charge < -0.3 is 13.7 Å². The Hall–Kier alpha value is -5.77. The molecule has 0 atom stereocenters. The summed E-state index contributed by atoms with van der Waals surface area (Å²) in [7, 11) is 0. The Morgan fingerprint density at radius 3 is 1.88 bits per heavy atom. The summed E-state index contributed by atoms with van der Waals surface area (Å²) in [4.78, 5) is 2.25. The van der Waals surface area contributed by atoms with Crippen molar-refractivity contribution in [3.63, 3.8) is 0 Å². The molecule has 0 bridgehead atoms. The molecule has 0 radical (unpaired) electrons. The van der Waals surface area contributed by atoms with E-state index >= 15 is 0 Å². The molecule has 49 heavy (non-hydrogen) atoms. The van der Waals surface area contributed by atoms with E-state index in [1.807, 2.05) is 24.3 Å². The highest BCUT2D eigenvalue weighted by Crippen LogP contribution is 2.53. The topological polar surface area (TPSA) is 29.5 Å². The molecule has 0 unspecified atom stereocenters. The number of fused-ring (bicyclic) bond motifs is 9. The average Bonchev–Trinajstić information content (AvgIpc) is 3.76. The van der Waals surface area contributed by atoms with Gasteiger partial charge in [-0.05, 0) is 94.0 Å². The third-order valence-corrected chi connectivity index (χ3v) is 10.7. The number of para-hydroxylation sites is 2. The highest BCUT2D eigenvalue weighted by molar-refractivity contribution is 6.34. The first-order chi connectivity index (χ1) is 23.9. The van der Waals surface area contributed by atoms with E-state index in [4.69, 9.17) is 20.4 Å². The number of nitrogens with zero attached hydrogens (tertiary/aromatic N) is 1. The standard InChI is InChI=1S/C45H30ClNO2/c1-45(2)37-12-6-3-9-31(37)35-25-39(46)40(26-38(35)45)47(30-20-21-34-32-10-4-7-13-41(32)49-44(34)24-30)29-18-15-27(16-19-29)28-17-22-43-36(23-28)33-11-5-8-14-42(33)48-43/h3-26H,1-2H3. The van der Waals surface area contributed by atoms with Crippen molar-refractivity contribution in [1.82, 2.24) is 0 Å². The molecule has 0 saturated carbocycles. The van der Waals surface area contributed by atoms with Crippen LogP contribution in [0.2, 0.25) is 5.02 Å². The first-order valence-electron chi connectivity index (χ1n) is 16.6. The highest BCUT2D eigenvalue weighted by Gasteiger charge is 2.36. The second-order valence-corrected chi connectivity index (χ2v) is 13.9. The molecule has 2 heterocycles. The van der Waals surface area contributed by atoms with Crippen LogP contribution in [0.4, 0.5) is 17.1 Å². The van der Waals surface area contributed by atoms with Gasteiger partial charge in [-0.1, -0.05) is 104 Å². The van der Waals surface area contributed by atoms with Gasteiger partial charge in [0.15, 0.2) is 0 Å². The average molecular weight is 652 g/mol. The highest BCUT2D eigenvalue weighted by atomic mass is 35.5. The Kier molecular flexibility index (Phi) is 5.98. The maximum absolute atomic E-state index is 7.29. The molecule has 234 valence electrons. The van der Waals surface area contributed by atoms with Crippen molar-refractivity contribution < 1.29 is 8.83 Å². The van der Waals surface area contributed by atoms with Gasteiger partial charge in [-0.25, -0.2) is 0 Å². The van der Waals surface area contributed by atoms with E-state index in [9.17, 15) is 0 Å². The number of anilines is 3. The molecule has 0 aliphatic heterocycles. The lowest BCUT2D eigenvalue weighted by Gasteiger charge is -2.29. The van der Waals surface area contributed by atoms with Crippen molar-refractivity contribution in [3.8, 4) is 22.3 Å². The molecule has 0 fully saturated rings. The Morgan fingerprint density at radius 2 is 1.08 bits per heavy atom. The summed E-state index contributed by atoms with van der Waals surface area (Å²) in [6, 6.07) is 51.1. The summed E-state index contributed by atoms with van der Waals surface area (Å²) in [6.07, 6.45) is 0. The zero-order valence-corrected chi connectivity index (χ0v) is 27.8. The van der Waals surface area contributed by atoms with Gasteiger partial charge in [-0.15, -0.1) is 0 Å². The van der Waals surface area contributed by atoms with Crippen molar-refractivity contribution >= 4 is 72.5 Å². The predicted molar refractivity (Wildman–Crippen MR) is 204 cm³/mol. The lowest BCUT2D eigenvalue weighted by molar-refractivity contribution is 0.660. The van der Waals surface area contributed by atoms with Gasteiger partial charge in [-0.3, -0.25) is 0 Å². The summed E-state index contributed by atoms with van der Waals surface area (Å²) in [5.74, 6) is 0. The Balaban J connectivity index is 1.13. The van der Waals surface area contributed by atoms with Crippen molar-refractivity contribution in [3.05, 3.63) is 162 Å². The number of hydrogen-bond donors (Lipinski definition) is 0. The minimum atomic E-state index is -0.167. The molecular weight excluding hydrogens is 622 g/mol. The fourth-order valence-electron chi connectivity index (χ4n) is 7.87. The van der Waals surface area contributed by atoms with Crippen LogP contribution in [0.1, 0.15) is 25.0 Å². The summed E-state index contributed by atoms with van der Waals surface area (Å²) in [5.41, 5.74) is 13.5. The molecule has 9 aromatic rings. The zero-order valence-electron chi connectivity index (χ0n) is 27.0. The normalized spacial score (nSPS) is 13.4. The number of rotatable bonds is 4. The fourth-order valence-corrected chi connectivity index (χ4v) is 8.12. The molecule has 2 aromatic heterocycles. The van der Waals surface area contributed by atoms with Crippen LogP contribution in [-0.4, -0.2) is 0 Å². The monoisotopic (exact) mass is 651 g/mol. The van der Waals surface area contributed by atoms with E-state index in [-0.39, 0.29) is 5.41 Å². The maximum atomic E-state index is 7.29. The Bertz CT molecular complexity index is 2770. The third-order valence-electron chi connectivity index (χ3n) is 10.3. The minimum absolute atomic E-state index is 0.167. The fraction of sp³-hybridized carbons (Fsp3) is 0.0667. The van der Waals surface area contributed by atoms with Crippen LogP contribution in [0.15, 0.2) is 154 Å². The van der Waals surface area contributed by atoms with E-state index < -0.39 is 0 Å². The van der Waals surface area contributed by atoms with E-state index in [1.165, 1.54) is 22.3 Å². The van der Waals surface area contributed by atoms with Gasteiger partial charge in [0, 0.05) is 44.4 Å². The summed E-state index contributed by atoms with van der Waals surface area (Å²) < 4.78 is 12.5. The Labute approximate surface area is 288 Å². The number of hydrogen-bond acceptors (Lipinski definition) is 3. The molecule has 10 rings (SSSR count). The van der Waals surface area contributed by atoms with Crippen LogP contribution >= 0.6 is 11.6 Å². The van der Waals surface area contributed by atoms with E-state index in [0.29, 0.717) is 5.02 Å². The SMILES string of the molecule is CC1(C)c2ccccc2-c2cc(Cl)c(N(c3ccc(-c4ccc5oc6ccccc6c5c4)cc3)c3ccc4c(c3)oc3ccccc34)cc21. The van der Waals surface area contributed by atoms with E-state index in [1.54, 1.807) is 0 Å². The molecule has 4 heteroatoms. The molecular formula is C45H30ClNO2. The van der Waals surface area contributed by atoms with Crippen LogP contribution in [0.25, 0.3) is 66.1 Å². The zero-order chi connectivity index (χ0) is 32.9. The van der Waals surface area contributed by atoms with Crippen LogP contribution in [0.5, 0.6) is 0 Å². The van der Waals surface area contributed by atoms with Crippen LogP contribution in [-0.2, 0) is 5.41 Å². The maximum Gasteiger partial charge on any atom is 0.137 e. The van der Waals surface area contributed by atoms with Gasteiger partial charge >= 0.3 is 0 Å². The second-order valence-electron chi connectivity index (χ2n) is 13.5. The molecule has 0 N–H and O–H groups in total. The van der Waals surface area contributed by atoms with Gasteiger partial charge in [0.2, 0.25) is 0 Å². The van der Waals surface area contributed by atoms with Crippen LogP contribution < -0.4 is 4.90 Å². The van der Waals surface area contributed by atoms with Gasteiger partial charge in [0.1, 0.15) is 22.3 Å². The second kappa shape index (κ2) is 10.4. The lowest BCUT2D eigenvalue weighted by Crippen LogP contribution is -2.17. The largest absolute Gasteiger partial charge is 0.456 e. The number of halogens is 1. The summed E-state index contributed by atoms with van der Waals surface area (Å²) >= 11 is 7.29. The number of benzene rings is 7. The molecule has 1 aliphatic rings. The number of furan rings is 2. The van der Waals surface area contributed by atoms with Gasteiger partial charge in [-0.2, -0.15) is 0 Å². The third kappa shape index (κ3) is 4.22.